The lowest BCUT2D eigenvalue weighted by Gasteiger charge is -2.22. The summed E-state index contributed by atoms with van der Waals surface area (Å²) >= 11 is 0. The van der Waals surface area contributed by atoms with Crippen molar-refractivity contribution < 1.29 is 4.42 Å². The molecule has 0 N–H and O–H groups in total. The van der Waals surface area contributed by atoms with Crippen LogP contribution in [0, 0.1) is 6.92 Å². The SMILES string of the molecule is Cc1cncc2c1nc(-c1cccc3c1oc1ccccc13)n2-c1c(C(C)C)cccc1C(C)C. The minimum Gasteiger partial charge on any atom is -0.455 e. The van der Waals surface area contributed by atoms with E-state index in [1.165, 1.54) is 16.8 Å². The molecule has 4 heteroatoms. The standard InChI is InChI=1S/C31H29N3O/c1-18(2)21-11-8-12-22(19(3)4)29(21)34-26-17-32-16-20(5)28(26)33-31(34)25-14-9-13-24-23-10-6-7-15-27(23)35-30(24)25/h6-19H,1-5H3. The highest BCUT2D eigenvalue weighted by molar-refractivity contribution is 6.09. The number of fused-ring (bicyclic) bond motifs is 4. The number of pyridine rings is 1. The topological polar surface area (TPSA) is 43.9 Å². The molecular weight excluding hydrogens is 430 g/mol. The lowest BCUT2D eigenvalue weighted by atomic mass is 9.92. The fourth-order valence-electron chi connectivity index (χ4n) is 5.22. The largest absolute Gasteiger partial charge is 0.455 e. The third-order valence-electron chi connectivity index (χ3n) is 6.96. The first-order chi connectivity index (χ1) is 17.0. The smallest absolute Gasteiger partial charge is 0.149 e. The molecule has 0 spiro atoms. The van der Waals surface area contributed by atoms with Crippen LogP contribution in [-0.2, 0) is 0 Å². The number of rotatable bonds is 4. The number of aryl methyl sites for hydroxylation is 1. The van der Waals surface area contributed by atoms with Crippen LogP contribution in [0.5, 0.6) is 0 Å². The van der Waals surface area contributed by atoms with Crippen molar-refractivity contribution in [2.45, 2.75) is 46.5 Å². The molecule has 0 aliphatic rings. The van der Waals surface area contributed by atoms with E-state index in [0.717, 1.165) is 49.9 Å². The van der Waals surface area contributed by atoms with Gasteiger partial charge in [0.1, 0.15) is 17.0 Å². The van der Waals surface area contributed by atoms with E-state index in [9.17, 15) is 0 Å². The highest BCUT2D eigenvalue weighted by Crippen LogP contribution is 2.41. The van der Waals surface area contributed by atoms with E-state index in [4.69, 9.17) is 9.40 Å². The minimum atomic E-state index is 0.355. The van der Waals surface area contributed by atoms with Crippen molar-refractivity contribution in [3.05, 3.63) is 89.7 Å². The normalized spacial score (nSPS) is 12.1. The summed E-state index contributed by atoms with van der Waals surface area (Å²) in [5.41, 5.74) is 9.60. The lowest BCUT2D eigenvalue weighted by Crippen LogP contribution is -2.08. The van der Waals surface area contributed by atoms with Crippen molar-refractivity contribution in [3.63, 3.8) is 0 Å². The Hall–Kier alpha value is -3.92. The summed E-state index contributed by atoms with van der Waals surface area (Å²) in [5, 5.41) is 2.23. The van der Waals surface area contributed by atoms with Crippen LogP contribution in [0.4, 0.5) is 0 Å². The summed E-state index contributed by atoms with van der Waals surface area (Å²) < 4.78 is 8.76. The van der Waals surface area contributed by atoms with Gasteiger partial charge in [0.25, 0.3) is 0 Å². The molecule has 6 aromatic rings. The highest BCUT2D eigenvalue weighted by atomic mass is 16.3. The number of furan rings is 1. The number of hydrogen-bond donors (Lipinski definition) is 0. The van der Waals surface area contributed by atoms with Crippen molar-refractivity contribution in [3.8, 4) is 17.1 Å². The predicted octanol–water partition coefficient (Wildman–Crippen LogP) is 8.54. The van der Waals surface area contributed by atoms with Crippen molar-refractivity contribution in [2.75, 3.05) is 0 Å². The maximum Gasteiger partial charge on any atom is 0.149 e. The number of para-hydroxylation sites is 3. The first kappa shape index (κ1) is 21.6. The van der Waals surface area contributed by atoms with Crippen molar-refractivity contribution in [2.24, 2.45) is 0 Å². The van der Waals surface area contributed by atoms with Gasteiger partial charge in [-0.05, 0) is 47.6 Å². The predicted molar refractivity (Wildman–Crippen MR) is 144 cm³/mol. The van der Waals surface area contributed by atoms with Gasteiger partial charge < -0.3 is 4.42 Å². The molecular formula is C31H29N3O. The Balaban J connectivity index is 1.79. The van der Waals surface area contributed by atoms with E-state index >= 15 is 0 Å². The summed E-state index contributed by atoms with van der Waals surface area (Å²) in [6, 6.07) is 21.2. The van der Waals surface area contributed by atoms with E-state index < -0.39 is 0 Å². The molecule has 0 aliphatic heterocycles. The number of aromatic nitrogens is 3. The molecule has 0 amide bonds. The van der Waals surface area contributed by atoms with Crippen LogP contribution >= 0.6 is 0 Å². The average Bonchev–Trinajstić information content (AvgIpc) is 3.43. The summed E-state index contributed by atoms with van der Waals surface area (Å²) in [6.45, 7) is 11.1. The molecule has 0 saturated carbocycles. The van der Waals surface area contributed by atoms with E-state index in [2.05, 4.69) is 92.7 Å². The Morgan fingerprint density at radius 2 is 1.46 bits per heavy atom. The molecule has 0 fully saturated rings. The van der Waals surface area contributed by atoms with Crippen LogP contribution in [0.1, 0.15) is 56.2 Å². The van der Waals surface area contributed by atoms with Gasteiger partial charge >= 0.3 is 0 Å². The van der Waals surface area contributed by atoms with Gasteiger partial charge in [-0.15, -0.1) is 0 Å². The van der Waals surface area contributed by atoms with Gasteiger partial charge in [0.2, 0.25) is 0 Å². The average molecular weight is 460 g/mol. The monoisotopic (exact) mass is 459 g/mol. The Morgan fingerprint density at radius 3 is 2.20 bits per heavy atom. The summed E-state index contributed by atoms with van der Waals surface area (Å²) in [4.78, 5) is 9.81. The van der Waals surface area contributed by atoms with Gasteiger partial charge in [-0.3, -0.25) is 9.55 Å². The van der Waals surface area contributed by atoms with Crippen LogP contribution in [0.15, 0.2) is 77.5 Å². The van der Waals surface area contributed by atoms with Gasteiger partial charge in [0.15, 0.2) is 0 Å². The van der Waals surface area contributed by atoms with E-state index in [-0.39, 0.29) is 0 Å². The fourth-order valence-corrected chi connectivity index (χ4v) is 5.22. The van der Waals surface area contributed by atoms with Crippen LogP contribution < -0.4 is 0 Å². The molecule has 3 aromatic carbocycles. The minimum absolute atomic E-state index is 0.355. The molecule has 35 heavy (non-hydrogen) atoms. The zero-order valence-corrected chi connectivity index (χ0v) is 20.8. The van der Waals surface area contributed by atoms with Crippen LogP contribution in [0.3, 0.4) is 0 Å². The second kappa shape index (κ2) is 8.09. The van der Waals surface area contributed by atoms with Gasteiger partial charge in [0.05, 0.1) is 28.5 Å². The Kier molecular flexibility index (Phi) is 4.99. The molecule has 4 nitrogen and oxygen atoms in total. The van der Waals surface area contributed by atoms with Crippen LogP contribution in [0.25, 0.3) is 50.0 Å². The number of nitrogens with zero attached hydrogens (tertiary/aromatic N) is 3. The Morgan fingerprint density at radius 1 is 0.771 bits per heavy atom. The second-order valence-corrected chi connectivity index (χ2v) is 9.97. The molecule has 0 saturated heterocycles. The summed E-state index contributed by atoms with van der Waals surface area (Å²) in [6.07, 6.45) is 3.84. The van der Waals surface area contributed by atoms with Crippen LogP contribution in [-0.4, -0.2) is 14.5 Å². The quantitative estimate of drug-likeness (QED) is 0.265. The number of imidazole rings is 1. The third-order valence-corrected chi connectivity index (χ3v) is 6.96. The first-order valence-electron chi connectivity index (χ1n) is 12.3. The number of benzene rings is 3. The molecule has 0 radical (unpaired) electrons. The fraction of sp³-hybridized carbons (Fsp3) is 0.226. The summed E-state index contributed by atoms with van der Waals surface area (Å²) in [5.74, 6) is 1.60. The van der Waals surface area contributed by atoms with E-state index in [1.54, 1.807) is 0 Å². The third kappa shape index (κ3) is 3.28. The first-order valence-corrected chi connectivity index (χ1v) is 12.3. The molecule has 3 aromatic heterocycles. The lowest BCUT2D eigenvalue weighted by molar-refractivity contribution is 0.669. The van der Waals surface area contributed by atoms with Crippen LogP contribution in [0.2, 0.25) is 0 Å². The van der Waals surface area contributed by atoms with Crippen molar-refractivity contribution in [1.82, 2.24) is 14.5 Å². The Bertz CT molecular complexity index is 1690. The highest BCUT2D eigenvalue weighted by Gasteiger charge is 2.24. The van der Waals surface area contributed by atoms with Crippen molar-refractivity contribution >= 4 is 33.0 Å². The van der Waals surface area contributed by atoms with Gasteiger partial charge in [-0.1, -0.05) is 76.2 Å². The summed E-state index contributed by atoms with van der Waals surface area (Å²) in [7, 11) is 0. The van der Waals surface area contributed by atoms with E-state index in [0.29, 0.717) is 11.8 Å². The molecule has 0 bridgehead atoms. The molecule has 3 heterocycles. The molecule has 0 atom stereocenters. The van der Waals surface area contributed by atoms with E-state index in [1.807, 2.05) is 24.5 Å². The molecule has 0 unspecified atom stereocenters. The molecule has 0 aliphatic carbocycles. The zero-order chi connectivity index (χ0) is 24.3. The maximum absolute atomic E-state index is 6.44. The van der Waals surface area contributed by atoms with Gasteiger partial charge in [-0.2, -0.15) is 0 Å². The van der Waals surface area contributed by atoms with Gasteiger partial charge in [-0.25, -0.2) is 4.98 Å². The maximum atomic E-state index is 6.44. The molecule has 174 valence electrons. The zero-order valence-electron chi connectivity index (χ0n) is 20.8. The molecule has 6 rings (SSSR count). The number of hydrogen-bond acceptors (Lipinski definition) is 3. The van der Waals surface area contributed by atoms with Gasteiger partial charge in [0, 0.05) is 17.0 Å². The second-order valence-electron chi connectivity index (χ2n) is 9.97. The van der Waals surface area contributed by atoms with Crippen molar-refractivity contribution in [1.29, 1.82) is 0 Å². The Labute approximate surface area is 205 Å².